The highest BCUT2D eigenvalue weighted by atomic mass is 32.2. The molecule has 3 rings (SSSR count). The molecule has 2 aromatic heterocycles. The molecule has 4 nitrogen and oxygen atoms in total. The first-order valence-electron chi connectivity index (χ1n) is 7.00. The number of aryl methyl sites for hydroxylation is 2. The fourth-order valence-corrected chi connectivity index (χ4v) is 5.04. The molecule has 3 heterocycles. The van der Waals surface area contributed by atoms with Crippen molar-refractivity contribution in [3.05, 3.63) is 39.6 Å². The molecule has 0 amide bonds. The Kier molecular flexibility index (Phi) is 4.45. The molecule has 0 aromatic carbocycles. The lowest BCUT2D eigenvalue weighted by Gasteiger charge is -2.15. The van der Waals surface area contributed by atoms with Crippen LogP contribution >= 0.6 is 23.1 Å². The van der Waals surface area contributed by atoms with Crippen LogP contribution in [-0.4, -0.2) is 15.3 Å². The SMILES string of the molecule is CCCn1ccnc1C(NN)c1cc2c(s1)CCSC2. The van der Waals surface area contributed by atoms with Crippen LogP contribution in [0.5, 0.6) is 0 Å². The minimum Gasteiger partial charge on any atom is -0.333 e. The van der Waals surface area contributed by atoms with Gasteiger partial charge >= 0.3 is 0 Å². The summed E-state index contributed by atoms with van der Waals surface area (Å²) in [5.74, 6) is 9.20. The Hall–Kier alpha value is -0.820. The normalized spacial score (nSPS) is 16.1. The van der Waals surface area contributed by atoms with Gasteiger partial charge in [0, 0.05) is 34.4 Å². The van der Waals surface area contributed by atoms with Crippen LogP contribution in [0.25, 0.3) is 0 Å². The summed E-state index contributed by atoms with van der Waals surface area (Å²) in [6.45, 7) is 3.16. The molecule has 1 aliphatic rings. The number of rotatable bonds is 5. The zero-order valence-corrected chi connectivity index (χ0v) is 13.3. The van der Waals surface area contributed by atoms with E-state index in [-0.39, 0.29) is 6.04 Å². The molecule has 20 heavy (non-hydrogen) atoms. The molecule has 108 valence electrons. The van der Waals surface area contributed by atoms with E-state index in [0.29, 0.717) is 0 Å². The molecule has 1 atom stereocenters. The first kappa shape index (κ1) is 14.1. The molecule has 1 aliphatic heterocycles. The van der Waals surface area contributed by atoms with Gasteiger partial charge in [0.15, 0.2) is 0 Å². The maximum Gasteiger partial charge on any atom is 0.132 e. The van der Waals surface area contributed by atoms with E-state index in [1.54, 1.807) is 0 Å². The Morgan fingerprint density at radius 3 is 3.20 bits per heavy atom. The zero-order chi connectivity index (χ0) is 13.9. The van der Waals surface area contributed by atoms with Gasteiger partial charge < -0.3 is 4.57 Å². The van der Waals surface area contributed by atoms with Crippen molar-refractivity contribution in [2.24, 2.45) is 5.84 Å². The lowest BCUT2D eigenvalue weighted by Crippen LogP contribution is -2.30. The number of nitrogens with one attached hydrogen (secondary N) is 1. The number of hydrogen-bond donors (Lipinski definition) is 2. The predicted molar refractivity (Wildman–Crippen MR) is 85.9 cm³/mol. The monoisotopic (exact) mass is 308 g/mol. The van der Waals surface area contributed by atoms with E-state index in [2.05, 4.69) is 28.0 Å². The first-order valence-corrected chi connectivity index (χ1v) is 8.97. The van der Waals surface area contributed by atoms with Gasteiger partial charge in [0.05, 0.1) is 0 Å². The summed E-state index contributed by atoms with van der Waals surface area (Å²) in [5.41, 5.74) is 4.43. The van der Waals surface area contributed by atoms with E-state index in [1.165, 1.54) is 27.5 Å². The molecular weight excluding hydrogens is 288 g/mol. The van der Waals surface area contributed by atoms with Crippen LogP contribution < -0.4 is 11.3 Å². The van der Waals surface area contributed by atoms with Gasteiger partial charge in [0.25, 0.3) is 0 Å². The second-order valence-electron chi connectivity index (χ2n) is 4.98. The van der Waals surface area contributed by atoms with E-state index in [0.717, 1.165) is 24.5 Å². The zero-order valence-electron chi connectivity index (χ0n) is 11.6. The van der Waals surface area contributed by atoms with Crippen LogP contribution in [0.4, 0.5) is 0 Å². The van der Waals surface area contributed by atoms with Gasteiger partial charge in [-0.15, -0.1) is 11.3 Å². The molecule has 0 saturated heterocycles. The van der Waals surface area contributed by atoms with Crippen LogP contribution in [0, 0.1) is 0 Å². The maximum absolute atomic E-state index is 5.82. The number of aromatic nitrogens is 2. The van der Waals surface area contributed by atoms with Gasteiger partial charge in [-0.1, -0.05) is 6.92 Å². The molecular formula is C14H20N4S2. The number of nitrogens with two attached hydrogens (primary N) is 1. The van der Waals surface area contributed by atoms with E-state index >= 15 is 0 Å². The topological polar surface area (TPSA) is 55.9 Å². The standard InChI is InChI=1S/C14H20N4S2/c1-2-5-18-6-4-16-14(18)13(17-15)12-8-10-9-19-7-3-11(10)20-12/h4,6,8,13,17H,2-3,5,7,9,15H2,1H3. The average molecular weight is 308 g/mol. The Morgan fingerprint density at radius 2 is 2.45 bits per heavy atom. The highest BCUT2D eigenvalue weighted by Crippen LogP contribution is 2.35. The smallest absolute Gasteiger partial charge is 0.132 e. The summed E-state index contributed by atoms with van der Waals surface area (Å²) in [6, 6.07) is 2.30. The second kappa shape index (κ2) is 6.30. The number of fused-ring (bicyclic) bond motifs is 1. The maximum atomic E-state index is 5.82. The largest absolute Gasteiger partial charge is 0.333 e. The average Bonchev–Trinajstić information content (AvgIpc) is 3.07. The van der Waals surface area contributed by atoms with Crippen molar-refractivity contribution in [1.29, 1.82) is 0 Å². The van der Waals surface area contributed by atoms with E-state index in [1.807, 2.05) is 35.5 Å². The van der Waals surface area contributed by atoms with Crippen LogP contribution in [0.3, 0.4) is 0 Å². The van der Waals surface area contributed by atoms with Crippen LogP contribution in [-0.2, 0) is 18.7 Å². The summed E-state index contributed by atoms with van der Waals surface area (Å²) >= 11 is 3.90. The van der Waals surface area contributed by atoms with E-state index in [4.69, 9.17) is 5.84 Å². The lowest BCUT2D eigenvalue weighted by molar-refractivity contribution is 0.551. The highest BCUT2D eigenvalue weighted by molar-refractivity contribution is 7.98. The van der Waals surface area contributed by atoms with Crippen molar-refractivity contribution < 1.29 is 0 Å². The third-order valence-electron chi connectivity index (χ3n) is 3.57. The van der Waals surface area contributed by atoms with Gasteiger partial charge in [-0.25, -0.2) is 10.4 Å². The fourth-order valence-electron chi connectivity index (χ4n) is 2.61. The number of imidazole rings is 1. The Bertz CT molecular complexity index is 552. The van der Waals surface area contributed by atoms with Crippen LogP contribution in [0.1, 0.15) is 40.5 Å². The van der Waals surface area contributed by atoms with Crippen molar-refractivity contribution in [2.45, 2.75) is 38.1 Å². The van der Waals surface area contributed by atoms with Crippen LogP contribution in [0.15, 0.2) is 18.5 Å². The number of hydrazine groups is 1. The molecule has 0 radical (unpaired) electrons. The summed E-state index contributed by atoms with van der Waals surface area (Å²) in [4.78, 5) is 7.31. The molecule has 0 spiro atoms. The number of nitrogens with zero attached hydrogens (tertiary/aromatic N) is 2. The number of thiophene rings is 1. The molecule has 0 aliphatic carbocycles. The van der Waals surface area contributed by atoms with E-state index in [9.17, 15) is 0 Å². The summed E-state index contributed by atoms with van der Waals surface area (Å²) in [6.07, 6.45) is 6.18. The third-order valence-corrected chi connectivity index (χ3v) is 5.88. The summed E-state index contributed by atoms with van der Waals surface area (Å²) < 4.78 is 2.19. The van der Waals surface area contributed by atoms with Gasteiger partial charge in [0.2, 0.25) is 0 Å². The van der Waals surface area contributed by atoms with Gasteiger partial charge in [-0.2, -0.15) is 11.8 Å². The number of thioether (sulfide) groups is 1. The van der Waals surface area contributed by atoms with Crippen molar-refractivity contribution >= 4 is 23.1 Å². The summed E-state index contributed by atoms with van der Waals surface area (Å²) in [5, 5.41) is 0. The molecule has 1 unspecified atom stereocenters. The molecule has 0 fully saturated rings. The molecule has 3 N–H and O–H groups in total. The fraction of sp³-hybridized carbons (Fsp3) is 0.500. The number of hydrogen-bond acceptors (Lipinski definition) is 5. The quantitative estimate of drug-likeness (QED) is 0.659. The van der Waals surface area contributed by atoms with E-state index < -0.39 is 0 Å². The minimum atomic E-state index is -0.00264. The molecule has 6 heteroatoms. The van der Waals surface area contributed by atoms with Gasteiger partial charge in [-0.3, -0.25) is 5.84 Å². The van der Waals surface area contributed by atoms with Gasteiger partial charge in [0.1, 0.15) is 11.9 Å². The Balaban J connectivity index is 1.92. The van der Waals surface area contributed by atoms with Crippen molar-refractivity contribution in [3.8, 4) is 0 Å². The highest BCUT2D eigenvalue weighted by Gasteiger charge is 2.22. The Labute approximate surface area is 127 Å². The summed E-state index contributed by atoms with van der Waals surface area (Å²) in [7, 11) is 0. The predicted octanol–water partition coefficient (Wildman–Crippen LogP) is 2.70. The lowest BCUT2D eigenvalue weighted by atomic mass is 10.1. The molecule has 0 bridgehead atoms. The third kappa shape index (κ3) is 2.65. The van der Waals surface area contributed by atoms with Crippen molar-refractivity contribution in [2.75, 3.05) is 5.75 Å². The van der Waals surface area contributed by atoms with Gasteiger partial charge in [-0.05, 0) is 30.2 Å². The molecule has 2 aromatic rings. The first-order chi connectivity index (χ1) is 9.83. The molecule has 0 saturated carbocycles. The second-order valence-corrected chi connectivity index (χ2v) is 7.25. The van der Waals surface area contributed by atoms with Crippen molar-refractivity contribution in [3.63, 3.8) is 0 Å². The Morgan fingerprint density at radius 1 is 1.55 bits per heavy atom. The minimum absolute atomic E-state index is 0.00264. The van der Waals surface area contributed by atoms with Crippen LogP contribution in [0.2, 0.25) is 0 Å². The van der Waals surface area contributed by atoms with Crippen molar-refractivity contribution in [1.82, 2.24) is 15.0 Å².